The van der Waals surface area contributed by atoms with E-state index in [9.17, 15) is 14.8 Å². The van der Waals surface area contributed by atoms with E-state index in [1.165, 1.54) is 18.3 Å². The van der Waals surface area contributed by atoms with E-state index in [1.807, 2.05) is 54.6 Å². The van der Waals surface area contributed by atoms with Gasteiger partial charge in [0.1, 0.15) is 0 Å². The summed E-state index contributed by atoms with van der Waals surface area (Å²) < 4.78 is 5.59. The molecule has 1 aliphatic rings. The minimum Gasteiger partial charge on any atom is -0.618 e. The Kier molecular flexibility index (Phi) is 5.48. The Balaban J connectivity index is 1.58. The van der Waals surface area contributed by atoms with Crippen molar-refractivity contribution in [2.24, 2.45) is 0 Å². The van der Waals surface area contributed by atoms with Crippen molar-refractivity contribution in [3.8, 4) is 0 Å². The third kappa shape index (κ3) is 3.95. The summed E-state index contributed by atoms with van der Waals surface area (Å²) in [6.45, 7) is -0.448. The molecule has 0 bridgehead atoms. The molecule has 4 rings (SSSR count). The summed E-state index contributed by atoms with van der Waals surface area (Å²) in [6.07, 6.45) is 1.21. The van der Waals surface area contributed by atoms with E-state index in [-0.39, 0.29) is 17.6 Å². The standard InChI is InChI=1S/C22H18N2O4S/c25-21(14-28-22(26)18-11-6-7-13-23(18)27)24-17-10-4-5-12-20(17)29-15-19(24)16-8-2-1-3-9-16/h1-13,19H,14-15H2/t19-/m0/s1. The Bertz CT molecular complexity index is 1040. The Hall–Kier alpha value is -3.32. The van der Waals surface area contributed by atoms with Gasteiger partial charge in [-0.2, -0.15) is 4.73 Å². The highest BCUT2D eigenvalue weighted by atomic mass is 32.2. The smallest absolute Gasteiger partial charge is 0.405 e. The Morgan fingerprint density at radius 3 is 2.55 bits per heavy atom. The lowest BCUT2D eigenvalue weighted by Crippen LogP contribution is -2.42. The number of hydrogen-bond acceptors (Lipinski definition) is 5. The van der Waals surface area contributed by atoms with Crippen LogP contribution in [-0.2, 0) is 9.53 Å². The van der Waals surface area contributed by atoms with Crippen LogP contribution in [0.3, 0.4) is 0 Å². The van der Waals surface area contributed by atoms with Gasteiger partial charge in [0.05, 0.1) is 11.7 Å². The topological polar surface area (TPSA) is 73.6 Å². The van der Waals surface area contributed by atoms with Crippen LogP contribution in [0.1, 0.15) is 22.1 Å². The summed E-state index contributed by atoms with van der Waals surface area (Å²) in [5, 5.41) is 11.7. The van der Waals surface area contributed by atoms with Gasteiger partial charge in [0.15, 0.2) is 12.8 Å². The van der Waals surface area contributed by atoms with Gasteiger partial charge < -0.3 is 9.94 Å². The minimum atomic E-state index is -0.829. The number of esters is 1. The molecule has 29 heavy (non-hydrogen) atoms. The third-order valence-electron chi connectivity index (χ3n) is 4.65. The molecule has 146 valence electrons. The second-order valence-electron chi connectivity index (χ2n) is 6.46. The third-order valence-corrected chi connectivity index (χ3v) is 5.78. The van der Waals surface area contributed by atoms with Crippen LogP contribution in [0, 0.1) is 5.21 Å². The lowest BCUT2D eigenvalue weighted by molar-refractivity contribution is -0.608. The highest BCUT2D eigenvalue weighted by Crippen LogP contribution is 2.43. The maximum absolute atomic E-state index is 13.1. The highest BCUT2D eigenvalue weighted by Gasteiger charge is 2.33. The van der Waals surface area contributed by atoms with Crippen LogP contribution in [0.25, 0.3) is 0 Å². The van der Waals surface area contributed by atoms with Crippen LogP contribution in [0.4, 0.5) is 5.69 Å². The molecule has 6 nitrogen and oxygen atoms in total. The zero-order valence-electron chi connectivity index (χ0n) is 15.4. The molecule has 0 spiro atoms. The first-order chi connectivity index (χ1) is 14.1. The van der Waals surface area contributed by atoms with Gasteiger partial charge in [0.25, 0.3) is 5.91 Å². The Labute approximate surface area is 172 Å². The molecule has 2 heterocycles. The fraction of sp³-hybridized carbons (Fsp3) is 0.136. The van der Waals surface area contributed by atoms with Crippen molar-refractivity contribution in [1.82, 2.24) is 0 Å². The van der Waals surface area contributed by atoms with E-state index in [0.29, 0.717) is 10.5 Å². The van der Waals surface area contributed by atoms with E-state index >= 15 is 0 Å². The van der Waals surface area contributed by atoms with E-state index in [1.54, 1.807) is 22.7 Å². The second kappa shape index (κ2) is 8.36. The van der Waals surface area contributed by atoms with E-state index in [2.05, 4.69) is 0 Å². The minimum absolute atomic E-state index is 0.158. The molecule has 1 atom stereocenters. The zero-order valence-corrected chi connectivity index (χ0v) is 16.2. The van der Waals surface area contributed by atoms with E-state index in [4.69, 9.17) is 4.74 Å². The fourth-order valence-corrected chi connectivity index (χ4v) is 4.44. The average molecular weight is 406 g/mol. The molecule has 1 aliphatic heterocycles. The van der Waals surface area contributed by atoms with Crippen LogP contribution >= 0.6 is 11.8 Å². The van der Waals surface area contributed by atoms with Gasteiger partial charge in [-0.1, -0.05) is 42.5 Å². The number of anilines is 1. The van der Waals surface area contributed by atoms with Crippen molar-refractivity contribution in [1.29, 1.82) is 0 Å². The van der Waals surface area contributed by atoms with Crippen molar-refractivity contribution >= 4 is 29.3 Å². The van der Waals surface area contributed by atoms with Gasteiger partial charge >= 0.3 is 11.7 Å². The zero-order chi connectivity index (χ0) is 20.2. The first kappa shape index (κ1) is 19.0. The summed E-state index contributed by atoms with van der Waals surface area (Å²) in [4.78, 5) is 28.0. The largest absolute Gasteiger partial charge is 0.618 e. The molecule has 3 aromatic rings. The molecule has 2 aromatic carbocycles. The molecule has 0 saturated carbocycles. The lowest BCUT2D eigenvalue weighted by Gasteiger charge is -2.37. The number of para-hydroxylation sites is 1. The van der Waals surface area contributed by atoms with Gasteiger partial charge in [-0.25, -0.2) is 4.79 Å². The van der Waals surface area contributed by atoms with Crippen molar-refractivity contribution in [3.63, 3.8) is 0 Å². The van der Waals surface area contributed by atoms with Gasteiger partial charge in [-0.05, 0) is 23.8 Å². The summed E-state index contributed by atoms with van der Waals surface area (Å²) >= 11 is 1.69. The lowest BCUT2D eigenvalue weighted by atomic mass is 10.1. The molecular formula is C22H18N2O4S. The van der Waals surface area contributed by atoms with Crippen LogP contribution in [0.5, 0.6) is 0 Å². The highest BCUT2D eigenvalue weighted by molar-refractivity contribution is 7.99. The number of aromatic nitrogens is 1. The van der Waals surface area contributed by atoms with Crippen LogP contribution in [-0.4, -0.2) is 24.2 Å². The van der Waals surface area contributed by atoms with Crippen LogP contribution in [0.15, 0.2) is 83.9 Å². The first-order valence-corrected chi connectivity index (χ1v) is 10.1. The number of carbonyl (C=O) groups excluding carboxylic acids is 2. The number of pyridine rings is 1. The number of ether oxygens (including phenoxy) is 1. The van der Waals surface area contributed by atoms with Gasteiger partial charge in [0.2, 0.25) is 0 Å². The maximum atomic E-state index is 13.1. The van der Waals surface area contributed by atoms with E-state index in [0.717, 1.165) is 16.1 Å². The van der Waals surface area contributed by atoms with Gasteiger partial charge in [-0.15, -0.1) is 11.8 Å². The van der Waals surface area contributed by atoms with Crippen LogP contribution < -0.4 is 9.63 Å². The van der Waals surface area contributed by atoms with Gasteiger partial charge in [0, 0.05) is 22.8 Å². The summed E-state index contributed by atoms with van der Waals surface area (Å²) in [5.74, 6) is -0.474. The number of benzene rings is 2. The summed E-state index contributed by atoms with van der Waals surface area (Å²) in [6, 6.07) is 21.7. The molecule has 0 fully saturated rings. The molecule has 7 heteroatoms. The SMILES string of the molecule is O=C(OCC(=O)N1c2ccccc2SC[C@H]1c1ccccc1)c1cccc[n+]1[O-]. The van der Waals surface area contributed by atoms with Crippen molar-refractivity contribution in [2.75, 3.05) is 17.3 Å². The number of hydrogen-bond donors (Lipinski definition) is 0. The molecule has 0 radical (unpaired) electrons. The normalized spacial score (nSPS) is 15.4. The maximum Gasteiger partial charge on any atom is 0.405 e. The number of fused-ring (bicyclic) bond motifs is 1. The molecule has 1 amide bonds. The van der Waals surface area contributed by atoms with Gasteiger partial charge in [-0.3, -0.25) is 9.69 Å². The molecule has 0 aliphatic carbocycles. The average Bonchev–Trinajstić information content (AvgIpc) is 2.77. The number of carbonyl (C=O) groups is 2. The summed E-state index contributed by atoms with van der Waals surface area (Å²) in [5.41, 5.74) is 1.64. The summed E-state index contributed by atoms with van der Waals surface area (Å²) in [7, 11) is 0. The molecule has 0 N–H and O–H groups in total. The molecular weight excluding hydrogens is 388 g/mol. The predicted octanol–water partition coefficient (Wildman–Crippen LogP) is 3.36. The van der Waals surface area contributed by atoms with Crippen LogP contribution in [0.2, 0.25) is 0 Å². The fourth-order valence-electron chi connectivity index (χ4n) is 3.28. The Morgan fingerprint density at radius 2 is 1.76 bits per heavy atom. The molecule has 0 saturated heterocycles. The van der Waals surface area contributed by atoms with Crippen molar-refractivity contribution in [2.45, 2.75) is 10.9 Å². The first-order valence-electron chi connectivity index (χ1n) is 9.09. The number of nitrogens with zero attached hydrogens (tertiary/aromatic N) is 2. The Morgan fingerprint density at radius 1 is 1.03 bits per heavy atom. The number of rotatable bonds is 4. The number of thioether (sulfide) groups is 1. The molecule has 1 aromatic heterocycles. The number of amides is 1. The van der Waals surface area contributed by atoms with Crippen molar-refractivity contribution in [3.05, 3.63) is 95.5 Å². The van der Waals surface area contributed by atoms with E-state index < -0.39 is 12.6 Å². The van der Waals surface area contributed by atoms with Crippen molar-refractivity contribution < 1.29 is 19.1 Å². The second-order valence-corrected chi connectivity index (χ2v) is 7.52. The molecule has 0 unspecified atom stereocenters. The quantitative estimate of drug-likeness (QED) is 0.377. The predicted molar refractivity (Wildman–Crippen MR) is 110 cm³/mol. The monoisotopic (exact) mass is 406 g/mol.